The van der Waals surface area contributed by atoms with Gasteiger partial charge in [0.25, 0.3) is 0 Å². The van der Waals surface area contributed by atoms with E-state index in [2.05, 4.69) is 179 Å². The number of hydrogen-bond donors (Lipinski definition) is 0. The summed E-state index contributed by atoms with van der Waals surface area (Å²) in [6.07, 6.45) is 15.5. The molecule has 244 valence electrons. The van der Waals surface area contributed by atoms with E-state index in [-0.39, 0.29) is 0 Å². The van der Waals surface area contributed by atoms with Crippen LogP contribution in [0, 0.1) is 0 Å². The quantitative estimate of drug-likeness (QED) is 0.177. The molecule has 7 aromatic rings. The molecule has 0 amide bonds. The van der Waals surface area contributed by atoms with Crippen molar-refractivity contribution < 1.29 is 4.74 Å². The molecule has 0 spiro atoms. The molecule has 10 rings (SSSR count). The summed E-state index contributed by atoms with van der Waals surface area (Å²) in [5.74, 6) is 2.01. The van der Waals surface area contributed by atoms with Gasteiger partial charge >= 0.3 is 0 Å². The van der Waals surface area contributed by atoms with E-state index in [1.165, 1.54) is 49.7 Å². The number of anilines is 3. The van der Waals surface area contributed by atoms with E-state index in [4.69, 9.17) is 4.74 Å². The van der Waals surface area contributed by atoms with Crippen molar-refractivity contribution in [1.82, 2.24) is 4.57 Å². The first kappa shape index (κ1) is 29.6. The highest BCUT2D eigenvalue weighted by Gasteiger charge is 2.26. The SMILES string of the molecule is C1=CC(c2ccc(N(c3ccc(-c4ccccc4)cc3)c3ccc(-c4ccc5c(c4)c4cccc6c4n5C4=C(CCC=C4)O6)cc3)cc2)=CCC1. The van der Waals surface area contributed by atoms with Crippen LogP contribution < -0.4 is 9.64 Å². The number of nitrogens with zero attached hydrogens (tertiary/aromatic N) is 2. The average Bonchev–Trinajstić information content (AvgIpc) is 3.55. The number of fused-ring (bicyclic) bond motifs is 4. The van der Waals surface area contributed by atoms with Crippen molar-refractivity contribution in [3.05, 3.63) is 181 Å². The minimum Gasteiger partial charge on any atom is -0.457 e. The number of hydrogen-bond acceptors (Lipinski definition) is 2. The van der Waals surface area contributed by atoms with Crippen LogP contribution in [0.1, 0.15) is 31.2 Å². The zero-order valence-electron chi connectivity index (χ0n) is 28.3. The lowest BCUT2D eigenvalue weighted by Crippen LogP contribution is -2.12. The fraction of sp³-hybridized carbons (Fsp3) is 0.0833. The smallest absolute Gasteiger partial charge is 0.151 e. The molecular formula is C48H36N2O. The zero-order valence-corrected chi connectivity index (χ0v) is 28.3. The van der Waals surface area contributed by atoms with Crippen molar-refractivity contribution in [2.75, 3.05) is 4.90 Å². The fourth-order valence-corrected chi connectivity index (χ4v) is 7.93. The van der Waals surface area contributed by atoms with E-state index in [0.29, 0.717) is 0 Å². The van der Waals surface area contributed by atoms with Crippen LogP contribution in [0.25, 0.3) is 55.3 Å². The second kappa shape index (κ2) is 12.2. The van der Waals surface area contributed by atoms with Crippen LogP contribution in [0.3, 0.4) is 0 Å². The number of aromatic nitrogens is 1. The van der Waals surface area contributed by atoms with Gasteiger partial charge < -0.3 is 14.2 Å². The molecule has 3 aliphatic rings. The summed E-state index contributed by atoms with van der Waals surface area (Å²) in [6.45, 7) is 0. The maximum atomic E-state index is 6.42. The van der Waals surface area contributed by atoms with E-state index < -0.39 is 0 Å². The fourth-order valence-electron chi connectivity index (χ4n) is 7.93. The second-order valence-corrected chi connectivity index (χ2v) is 13.6. The molecule has 2 aliphatic carbocycles. The summed E-state index contributed by atoms with van der Waals surface area (Å²) >= 11 is 0. The van der Waals surface area contributed by atoms with Crippen molar-refractivity contribution in [3.63, 3.8) is 0 Å². The molecule has 2 heterocycles. The molecule has 6 aromatic carbocycles. The maximum absolute atomic E-state index is 6.42. The number of rotatable bonds is 6. The number of benzene rings is 6. The average molecular weight is 657 g/mol. The van der Waals surface area contributed by atoms with Crippen LogP contribution in [0.15, 0.2) is 176 Å². The molecule has 0 N–H and O–H groups in total. The Hall–Kier alpha value is -6.32. The summed E-state index contributed by atoms with van der Waals surface area (Å²) in [6, 6.07) is 50.8. The molecule has 3 nitrogen and oxygen atoms in total. The summed E-state index contributed by atoms with van der Waals surface area (Å²) in [7, 11) is 0. The van der Waals surface area contributed by atoms with Crippen molar-refractivity contribution in [3.8, 4) is 28.0 Å². The van der Waals surface area contributed by atoms with Gasteiger partial charge in [-0.2, -0.15) is 0 Å². The Bertz CT molecular complexity index is 2560. The molecule has 0 saturated carbocycles. The van der Waals surface area contributed by atoms with E-state index in [1.54, 1.807) is 0 Å². The summed E-state index contributed by atoms with van der Waals surface area (Å²) in [4.78, 5) is 2.35. The monoisotopic (exact) mass is 656 g/mol. The predicted molar refractivity (Wildman–Crippen MR) is 214 cm³/mol. The zero-order chi connectivity index (χ0) is 33.7. The van der Waals surface area contributed by atoms with E-state index >= 15 is 0 Å². The minimum absolute atomic E-state index is 0.930. The molecule has 0 unspecified atom stereocenters. The van der Waals surface area contributed by atoms with Gasteiger partial charge in [-0.1, -0.05) is 109 Å². The lowest BCUT2D eigenvalue weighted by Gasteiger charge is -2.26. The molecule has 1 aromatic heterocycles. The first-order valence-electron chi connectivity index (χ1n) is 18.0. The number of ether oxygens (including phenoxy) is 1. The largest absolute Gasteiger partial charge is 0.457 e. The van der Waals surface area contributed by atoms with Crippen LogP contribution in [-0.2, 0) is 0 Å². The lowest BCUT2D eigenvalue weighted by molar-refractivity contribution is 0.400. The van der Waals surface area contributed by atoms with Gasteiger partial charge in [-0.3, -0.25) is 0 Å². The van der Waals surface area contributed by atoms with Crippen LogP contribution in [0.5, 0.6) is 5.75 Å². The maximum Gasteiger partial charge on any atom is 0.151 e. The highest BCUT2D eigenvalue weighted by Crippen LogP contribution is 2.45. The van der Waals surface area contributed by atoms with Gasteiger partial charge in [0.1, 0.15) is 5.76 Å². The number of para-hydroxylation sites is 1. The van der Waals surface area contributed by atoms with Crippen LogP contribution in [0.2, 0.25) is 0 Å². The van der Waals surface area contributed by atoms with Gasteiger partial charge in [-0.25, -0.2) is 0 Å². The first-order chi connectivity index (χ1) is 25.3. The van der Waals surface area contributed by atoms with Crippen LogP contribution >= 0.6 is 0 Å². The molecule has 0 fully saturated rings. The van der Waals surface area contributed by atoms with E-state index in [9.17, 15) is 0 Å². The standard InChI is InChI=1S/C48H36N2O/c1-3-10-33(11-4-1)35-18-25-39(26-19-35)49(40-27-20-36(21-28-40)34-12-5-2-6-13-34)41-29-22-37(23-30-41)38-24-31-44-43(32-38)42-14-9-17-47-48(42)50(44)45-15-7-8-16-46(45)51-47/h1,3-5,7,9-15,17-32H,2,6,8,16H2. The summed E-state index contributed by atoms with van der Waals surface area (Å²) in [5.41, 5.74) is 14.3. The Morgan fingerprint density at radius 2 is 1.16 bits per heavy atom. The molecule has 0 saturated heterocycles. The van der Waals surface area contributed by atoms with Gasteiger partial charge in [-0.15, -0.1) is 0 Å². The Morgan fingerprint density at radius 3 is 1.86 bits per heavy atom. The topological polar surface area (TPSA) is 17.4 Å². The third-order valence-electron chi connectivity index (χ3n) is 10.5. The van der Waals surface area contributed by atoms with Crippen molar-refractivity contribution in [2.45, 2.75) is 25.7 Å². The van der Waals surface area contributed by atoms with Gasteiger partial charge in [0.05, 0.1) is 16.7 Å². The van der Waals surface area contributed by atoms with Gasteiger partial charge in [0.15, 0.2) is 5.75 Å². The highest BCUT2D eigenvalue weighted by molar-refractivity contribution is 6.14. The Balaban J connectivity index is 1.03. The summed E-state index contributed by atoms with van der Waals surface area (Å²) in [5, 5.41) is 2.47. The lowest BCUT2D eigenvalue weighted by atomic mass is 9.99. The Morgan fingerprint density at radius 1 is 0.510 bits per heavy atom. The Labute approximate surface area is 298 Å². The van der Waals surface area contributed by atoms with Crippen LogP contribution in [0.4, 0.5) is 17.1 Å². The molecule has 1 aliphatic heterocycles. The minimum atomic E-state index is 0.930. The number of allylic oxidation sites excluding steroid dienone is 8. The third-order valence-corrected chi connectivity index (χ3v) is 10.5. The van der Waals surface area contributed by atoms with Gasteiger partial charge in [-0.05, 0) is 113 Å². The first-order valence-corrected chi connectivity index (χ1v) is 18.0. The molecule has 3 heteroatoms. The predicted octanol–water partition coefficient (Wildman–Crippen LogP) is 13.2. The molecule has 0 radical (unpaired) electrons. The van der Waals surface area contributed by atoms with E-state index in [1.807, 2.05) is 0 Å². The van der Waals surface area contributed by atoms with Gasteiger partial charge in [0.2, 0.25) is 0 Å². The third kappa shape index (κ3) is 5.13. The van der Waals surface area contributed by atoms with E-state index in [0.717, 1.165) is 65.5 Å². The summed E-state index contributed by atoms with van der Waals surface area (Å²) < 4.78 is 8.82. The molecule has 51 heavy (non-hydrogen) atoms. The molecular weight excluding hydrogens is 621 g/mol. The van der Waals surface area contributed by atoms with Gasteiger partial charge in [0, 0.05) is 34.3 Å². The van der Waals surface area contributed by atoms with Crippen molar-refractivity contribution in [2.24, 2.45) is 0 Å². The normalized spacial score (nSPS) is 14.8. The second-order valence-electron chi connectivity index (χ2n) is 13.6. The Kier molecular flexibility index (Phi) is 7.09. The van der Waals surface area contributed by atoms with Crippen LogP contribution in [-0.4, -0.2) is 4.57 Å². The molecule has 0 bridgehead atoms. The molecule has 0 atom stereocenters. The highest BCUT2D eigenvalue weighted by atomic mass is 16.5. The van der Waals surface area contributed by atoms with Crippen molar-refractivity contribution in [1.29, 1.82) is 0 Å². The van der Waals surface area contributed by atoms with Crippen molar-refractivity contribution >= 4 is 50.1 Å².